The number of hydrogen-bond acceptors (Lipinski definition) is 6. The number of ether oxygens (including phenoxy) is 1. The maximum atomic E-state index is 12.9. The molecule has 2 heterocycles. The summed E-state index contributed by atoms with van der Waals surface area (Å²) in [5.74, 6) is 0. The van der Waals surface area contributed by atoms with Crippen molar-refractivity contribution < 1.29 is 14.3 Å². The van der Waals surface area contributed by atoms with Gasteiger partial charge in [0, 0.05) is 39.0 Å². The number of hydrazine groups is 1. The van der Waals surface area contributed by atoms with Crippen LogP contribution in [0.1, 0.15) is 0 Å². The first kappa shape index (κ1) is 19.5. The molecule has 9 nitrogen and oxygen atoms in total. The van der Waals surface area contributed by atoms with Crippen molar-refractivity contribution >= 4 is 29.0 Å². The molecule has 3 aromatic rings. The smallest absolute Gasteiger partial charge is 0.345 e. The van der Waals surface area contributed by atoms with Gasteiger partial charge in [0.1, 0.15) is 0 Å². The van der Waals surface area contributed by atoms with E-state index in [4.69, 9.17) is 4.74 Å². The number of nitrogens with zero attached hydrogens (tertiary/aromatic N) is 6. The number of imide groups is 1. The lowest BCUT2D eigenvalue weighted by Crippen LogP contribution is -2.50. The molecule has 0 spiro atoms. The van der Waals surface area contributed by atoms with Crippen LogP contribution in [0, 0.1) is 0 Å². The van der Waals surface area contributed by atoms with Crippen molar-refractivity contribution in [1.29, 1.82) is 0 Å². The number of carbonyl (C=O) groups is 2. The Morgan fingerprint density at radius 3 is 2.75 bits per heavy atom. The van der Waals surface area contributed by atoms with Crippen molar-refractivity contribution in [3.63, 3.8) is 0 Å². The van der Waals surface area contributed by atoms with Crippen LogP contribution in [0.2, 0.25) is 0 Å². The highest BCUT2D eigenvalue weighted by atomic mass is 16.5. The van der Waals surface area contributed by atoms with Crippen molar-refractivity contribution in [2.24, 2.45) is 0 Å². The molecule has 0 bridgehead atoms. The van der Waals surface area contributed by atoms with Crippen LogP contribution in [0.5, 0.6) is 0 Å². The van der Waals surface area contributed by atoms with E-state index in [0.29, 0.717) is 12.1 Å². The van der Waals surface area contributed by atoms with Crippen LogP contribution >= 0.6 is 0 Å². The van der Waals surface area contributed by atoms with Crippen molar-refractivity contribution in [3.8, 4) is 5.69 Å². The van der Waals surface area contributed by atoms with E-state index in [0.717, 1.165) is 21.5 Å². The van der Waals surface area contributed by atoms with Crippen LogP contribution in [0.3, 0.4) is 0 Å². The molecule has 0 unspecified atom stereocenters. The molecule has 0 N–H and O–H groups in total. The van der Waals surface area contributed by atoms with Crippen molar-refractivity contribution in [3.05, 3.63) is 48.9 Å². The molecule has 9 heteroatoms. The Hall–Kier alpha value is -3.30. The monoisotopic (exact) mass is 382 g/mol. The van der Waals surface area contributed by atoms with Crippen LogP contribution in [-0.4, -0.2) is 71.5 Å². The lowest BCUT2D eigenvalue weighted by Gasteiger charge is -2.31. The third-order valence-corrected chi connectivity index (χ3v) is 4.13. The highest BCUT2D eigenvalue weighted by Gasteiger charge is 2.24. The molecule has 0 aliphatic rings. The van der Waals surface area contributed by atoms with Crippen LogP contribution in [-0.2, 0) is 9.53 Å². The Kier molecular flexibility index (Phi) is 5.97. The normalized spacial score (nSPS) is 11.0. The van der Waals surface area contributed by atoms with E-state index < -0.39 is 6.03 Å². The molecule has 1 aromatic carbocycles. The second-order valence-electron chi connectivity index (χ2n) is 6.26. The number of hydrogen-bond donors (Lipinski definition) is 0. The maximum Gasteiger partial charge on any atom is 0.345 e. The Morgan fingerprint density at radius 2 is 2.11 bits per heavy atom. The van der Waals surface area contributed by atoms with E-state index in [1.807, 2.05) is 30.5 Å². The molecule has 0 fully saturated rings. The molecular formula is C19H22N6O3. The Bertz CT molecular complexity index is 957. The van der Waals surface area contributed by atoms with E-state index in [-0.39, 0.29) is 13.2 Å². The summed E-state index contributed by atoms with van der Waals surface area (Å²) >= 11 is 0. The highest BCUT2D eigenvalue weighted by Crippen LogP contribution is 2.24. The first-order valence-electron chi connectivity index (χ1n) is 8.67. The number of urea groups is 1. The number of pyridine rings is 1. The lowest BCUT2D eigenvalue weighted by atomic mass is 10.2. The Labute approximate surface area is 162 Å². The zero-order chi connectivity index (χ0) is 20.1. The van der Waals surface area contributed by atoms with Gasteiger partial charge in [0.15, 0.2) is 0 Å². The fourth-order valence-electron chi connectivity index (χ4n) is 2.78. The minimum Gasteiger partial charge on any atom is -0.383 e. The summed E-state index contributed by atoms with van der Waals surface area (Å²) in [4.78, 5) is 29.4. The minimum absolute atomic E-state index is 0.171. The van der Waals surface area contributed by atoms with E-state index in [1.165, 1.54) is 12.1 Å². The summed E-state index contributed by atoms with van der Waals surface area (Å²) in [7, 11) is 4.99. The number of aromatic nitrogens is 3. The molecule has 3 rings (SSSR count). The fourth-order valence-corrected chi connectivity index (χ4v) is 2.78. The molecule has 28 heavy (non-hydrogen) atoms. The molecule has 0 saturated carbocycles. The van der Waals surface area contributed by atoms with E-state index >= 15 is 0 Å². The molecule has 0 radical (unpaired) electrons. The third-order valence-electron chi connectivity index (χ3n) is 4.13. The van der Waals surface area contributed by atoms with Crippen LogP contribution < -0.4 is 5.01 Å². The van der Waals surface area contributed by atoms with Crippen LogP contribution in [0.4, 0.5) is 10.5 Å². The SMILES string of the molecule is COCCN(C=O)C(=O)N(c1ccc2nn(-c3cccnc3)cc2c1)N(C)C. The Morgan fingerprint density at radius 1 is 1.29 bits per heavy atom. The summed E-state index contributed by atoms with van der Waals surface area (Å²) in [5, 5.41) is 8.44. The summed E-state index contributed by atoms with van der Waals surface area (Å²) in [6, 6.07) is 8.77. The zero-order valence-corrected chi connectivity index (χ0v) is 16.0. The van der Waals surface area contributed by atoms with Gasteiger partial charge >= 0.3 is 6.03 Å². The molecule has 0 aliphatic heterocycles. The second kappa shape index (κ2) is 8.59. The largest absolute Gasteiger partial charge is 0.383 e. The summed E-state index contributed by atoms with van der Waals surface area (Å²) in [5.41, 5.74) is 2.25. The molecule has 146 valence electrons. The minimum atomic E-state index is -0.462. The standard InChI is InChI=1S/C19H22N6O3/c1-22(2)25(19(27)23(14-26)9-10-28-3)16-6-7-18-15(11-16)13-24(21-18)17-5-4-8-20-12-17/h4-8,11-14H,9-10H2,1-3H3. The number of methoxy groups -OCH3 is 1. The number of amides is 3. The van der Waals surface area contributed by atoms with Crippen LogP contribution in [0.15, 0.2) is 48.9 Å². The van der Waals surface area contributed by atoms with Gasteiger partial charge in [0.25, 0.3) is 0 Å². The van der Waals surface area contributed by atoms with Crippen molar-refractivity contribution in [2.45, 2.75) is 0 Å². The molecule has 0 aliphatic carbocycles. The number of fused-ring (bicyclic) bond motifs is 1. The van der Waals surface area contributed by atoms with Gasteiger partial charge in [-0.1, -0.05) is 0 Å². The summed E-state index contributed by atoms with van der Waals surface area (Å²) in [6.45, 7) is 0.438. The van der Waals surface area contributed by atoms with Gasteiger partial charge in [-0.2, -0.15) is 5.10 Å². The van der Waals surface area contributed by atoms with Gasteiger partial charge in [-0.15, -0.1) is 0 Å². The van der Waals surface area contributed by atoms with E-state index in [9.17, 15) is 9.59 Å². The van der Waals surface area contributed by atoms with Crippen molar-refractivity contribution in [1.82, 2.24) is 24.7 Å². The number of benzene rings is 1. The van der Waals surface area contributed by atoms with E-state index in [1.54, 1.807) is 42.2 Å². The highest BCUT2D eigenvalue weighted by molar-refractivity contribution is 5.98. The van der Waals surface area contributed by atoms with Gasteiger partial charge in [0.2, 0.25) is 6.41 Å². The Balaban J connectivity index is 1.95. The molecule has 0 atom stereocenters. The zero-order valence-electron chi connectivity index (χ0n) is 16.0. The van der Waals surface area contributed by atoms with Crippen molar-refractivity contribution in [2.75, 3.05) is 39.4 Å². The van der Waals surface area contributed by atoms with E-state index in [2.05, 4.69) is 10.1 Å². The van der Waals surface area contributed by atoms with Gasteiger partial charge in [-0.3, -0.25) is 14.7 Å². The average molecular weight is 382 g/mol. The summed E-state index contributed by atoms with van der Waals surface area (Å²) in [6.07, 6.45) is 5.81. The van der Waals surface area contributed by atoms with Gasteiger partial charge < -0.3 is 4.74 Å². The number of carbonyl (C=O) groups excluding carboxylic acids is 2. The lowest BCUT2D eigenvalue weighted by molar-refractivity contribution is -0.116. The second-order valence-corrected chi connectivity index (χ2v) is 6.26. The quantitative estimate of drug-likeness (QED) is 0.459. The number of anilines is 1. The topological polar surface area (TPSA) is 83.8 Å². The summed E-state index contributed by atoms with van der Waals surface area (Å²) < 4.78 is 6.71. The molecule has 2 aromatic heterocycles. The van der Waals surface area contributed by atoms with Crippen LogP contribution in [0.25, 0.3) is 16.6 Å². The van der Waals surface area contributed by atoms with Gasteiger partial charge in [-0.05, 0) is 30.3 Å². The predicted molar refractivity (Wildman–Crippen MR) is 105 cm³/mol. The number of rotatable bonds is 7. The van der Waals surface area contributed by atoms with Gasteiger partial charge in [0.05, 0.1) is 36.2 Å². The molecular weight excluding hydrogens is 360 g/mol. The third kappa shape index (κ3) is 4.00. The first-order chi connectivity index (χ1) is 13.5. The van der Waals surface area contributed by atoms with Gasteiger partial charge in [-0.25, -0.2) is 19.5 Å². The average Bonchev–Trinajstić information content (AvgIpc) is 3.12. The predicted octanol–water partition coefficient (Wildman–Crippen LogP) is 1.93. The molecule has 0 saturated heterocycles. The fraction of sp³-hybridized carbons (Fsp3) is 0.263. The molecule has 3 amide bonds. The maximum absolute atomic E-state index is 12.9. The first-order valence-corrected chi connectivity index (χ1v) is 8.67.